The van der Waals surface area contributed by atoms with Crippen molar-refractivity contribution in [3.05, 3.63) is 59.7 Å². The molecule has 23 heavy (non-hydrogen) atoms. The Kier molecular flexibility index (Phi) is 6.35. The standard InChI is InChI=1S/C18H21F2NO2/c1-3-21(13-14-15(19)7-6-8-16(14)20)11-12-23-18-10-5-4-9-17(18)22-2/h4-10H,3,11-13H2,1-2H3. The molecule has 0 aliphatic rings. The van der Waals surface area contributed by atoms with Crippen molar-refractivity contribution in [2.75, 3.05) is 26.8 Å². The molecule has 0 N–H and O–H groups in total. The Labute approximate surface area is 135 Å². The number of hydrogen-bond acceptors (Lipinski definition) is 3. The Balaban J connectivity index is 1.93. The van der Waals surface area contributed by atoms with Gasteiger partial charge in [-0.15, -0.1) is 0 Å². The Morgan fingerprint density at radius 1 is 0.957 bits per heavy atom. The maximum absolute atomic E-state index is 13.7. The molecule has 0 spiro atoms. The van der Waals surface area contributed by atoms with Gasteiger partial charge in [0, 0.05) is 18.7 Å². The van der Waals surface area contributed by atoms with E-state index in [0.717, 1.165) is 0 Å². The summed E-state index contributed by atoms with van der Waals surface area (Å²) in [5.74, 6) is 0.280. The van der Waals surface area contributed by atoms with Crippen molar-refractivity contribution in [3.63, 3.8) is 0 Å². The summed E-state index contributed by atoms with van der Waals surface area (Å²) in [6, 6.07) is 11.3. The highest BCUT2D eigenvalue weighted by Crippen LogP contribution is 2.25. The number of nitrogens with zero attached hydrogens (tertiary/aromatic N) is 1. The van der Waals surface area contributed by atoms with Crippen LogP contribution in [0.15, 0.2) is 42.5 Å². The summed E-state index contributed by atoms with van der Waals surface area (Å²) in [4.78, 5) is 1.93. The van der Waals surface area contributed by atoms with E-state index in [9.17, 15) is 8.78 Å². The van der Waals surface area contributed by atoms with Crippen molar-refractivity contribution in [2.24, 2.45) is 0 Å². The molecular formula is C18H21F2NO2. The molecule has 2 aromatic carbocycles. The first-order chi connectivity index (χ1) is 11.2. The summed E-state index contributed by atoms with van der Waals surface area (Å²) in [5, 5.41) is 0. The molecule has 0 fully saturated rings. The van der Waals surface area contributed by atoms with E-state index in [1.54, 1.807) is 7.11 Å². The number of hydrogen-bond donors (Lipinski definition) is 0. The molecule has 0 saturated heterocycles. The number of halogens is 2. The van der Waals surface area contributed by atoms with E-state index in [2.05, 4.69) is 0 Å². The van der Waals surface area contributed by atoms with Gasteiger partial charge in [-0.25, -0.2) is 8.78 Å². The summed E-state index contributed by atoms with van der Waals surface area (Å²) in [6.45, 7) is 3.79. The van der Waals surface area contributed by atoms with E-state index in [4.69, 9.17) is 9.47 Å². The van der Waals surface area contributed by atoms with Gasteiger partial charge >= 0.3 is 0 Å². The summed E-state index contributed by atoms with van der Waals surface area (Å²) in [6.07, 6.45) is 0. The summed E-state index contributed by atoms with van der Waals surface area (Å²) >= 11 is 0. The highest BCUT2D eigenvalue weighted by Gasteiger charge is 2.13. The molecule has 0 heterocycles. The fourth-order valence-corrected chi connectivity index (χ4v) is 2.28. The second kappa shape index (κ2) is 8.48. The van der Waals surface area contributed by atoms with Crippen LogP contribution in [0.1, 0.15) is 12.5 Å². The van der Waals surface area contributed by atoms with Crippen LogP contribution in [0.25, 0.3) is 0 Å². The minimum Gasteiger partial charge on any atom is -0.493 e. The molecule has 124 valence electrons. The minimum absolute atomic E-state index is 0.0895. The van der Waals surface area contributed by atoms with Crippen LogP contribution >= 0.6 is 0 Å². The van der Waals surface area contributed by atoms with E-state index in [1.807, 2.05) is 36.1 Å². The minimum atomic E-state index is -0.519. The molecule has 5 heteroatoms. The van der Waals surface area contributed by atoms with Crippen LogP contribution < -0.4 is 9.47 Å². The van der Waals surface area contributed by atoms with Crippen molar-refractivity contribution in [3.8, 4) is 11.5 Å². The molecule has 0 aliphatic heterocycles. The van der Waals surface area contributed by atoms with Gasteiger partial charge in [0.05, 0.1) is 7.11 Å². The van der Waals surface area contributed by atoms with Crippen molar-refractivity contribution in [2.45, 2.75) is 13.5 Å². The van der Waals surface area contributed by atoms with E-state index in [1.165, 1.54) is 18.2 Å². The lowest BCUT2D eigenvalue weighted by atomic mass is 10.2. The number of likely N-dealkylation sites (N-methyl/N-ethyl adjacent to an activating group) is 1. The third-order valence-corrected chi connectivity index (χ3v) is 3.62. The van der Waals surface area contributed by atoms with Crippen molar-refractivity contribution < 1.29 is 18.3 Å². The summed E-state index contributed by atoms with van der Waals surface area (Å²) < 4.78 is 38.4. The van der Waals surface area contributed by atoms with Gasteiger partial charge in [-0.3, -0.25) is 4.90 Å². The van der Waals surface area contributed by atoms with Gasteiger partial charge in [0.1, 0.15) is 18.2 Å². The zero-order valence-electron chi connectivity index (χ0n) is 13.4. The number of para-hydroxylation sites is 2. The Bertz CT molecular complexity index is 614. The number of rotatable bonds is 8. The van der Waals surface area contributed by atoms with Crippen LogP contribution in [-0.2, 0) is 6.54 Å². The van der Waals surface area contributed by atoms with Crippen LogP contribution in [0, 0.1) is 11.6 Å². The smallest absolute Gasteiger partial charge is 0.161 e. The Hall–Kier alpha value is -2.14. The fraction of sp³-hybridized carbons (Fsp3) is 0.333. The zero-order valence-corrected chi connectivity index (χ0v) is 13.4. The molecule has 0 saturated carbocycles. The first-order valence-electron chi connectivity index (χ1n) is 7.56. The van der Waals surface area contributed by atoms with Gasteiger partial charge in [-0.05, 0) is 30.8 Å². The predicted molar refractivity (Wildman–Crippen MR) is 85.8 cm³/mol. The molecule has 0 unspecified atom stereocenters. The lowest BCUT2D eigenvalue weighted by Gasteiger charge is -2.21. The second-order valence-electron chi connectivity index (χ2n) is 5.07. The van der Waals surface area contributed by atoms with E-state index in [-0.39, 0.29) is 12.1 Å². The third-order valence-electron chi connectivity index (χ3n) is 3.62. The maximum atomic E-state index is 13.7. The van der Waals surface area contributed by atoms with Crippen molar-refractivity contribution in [1.82, 2.24) is 4.90 Å². The number of ether oxygens (including phenoxy) is 2. The van der Waals surface area contributed by atoms with Gasteiger partial charge in [0.15, 0.2) is 11.5 Å². The first kappa shape index (κ1) is 17.2. The van der Waals surface area contributed by atoms with Crippen molar-refractivity contribution in [1.29, 1.82) is 0 Å². The lowest BCUT2D eigenvalue weighted by molar-refractivity contribution is 0.202. The highest BCUT2D eigenvalue weighted by molar-refractivity contribution is 5.39. The lowest BCUT2D eigenvalue weighted by Crippen LogP contribution is -2.28. The quantitative estimate of drug-likeness (QED) is 0.736. The Morgan fingerprint density at radius 3 is 2.22 bits per heavy atom. The molecule has 3 nitrogen and oxygen atoms in total. The first-order valence-corrected chi connectivity index (χ1v) is 7.56. The largest absolute Gasteiger partial charge is 0.493 e. The van der Waals surface area contributed by atoms with Gasteiger partial charge in [-0.2, -0.15) is 0 Å². The maximum Gasteiger partial charge on any atom is 0.161 e. The molecule has 0 atom stereocenters. The summed E-state index contributed by atoms with van der Waals surface area (Å²) in [5.41, 5.74) is 0.0895. The average molecular weight is 321 g/mol. The number of benzene rings is 2. The van der Waals surface area contributed by atoms with Crippen LogP contribution in [0.3, 0.4) is 0 Å². The molecule has 0 bridgehead atoms. The fourth-order valence-electron chi connectivity index (χ4n) is 2.28. The topological polar surface area (TPSA) is 21.7 Å². The van der Waals surface area contributed by atoms with Crippen LogP contribution in [0.4, 0.5) is 8.78 Å². The van der Waals surface area contributed by atoms with Crippen LogP contribution in [0.5, 0.6) is 11.5 Å². The van der Waals surface area contributed by atoms with Gasteiger partial charge in [0.25, 0.3) is 0 Å². The Morgan fingerprint density at radius 2 is 1.61 bits per heavy atom. The van der Waals surface area contributed by atoms with E-state index < -0.39 is 11.6 Å². The average Bonchev–Trinajstić information content (AvgIpc) is 2.57. The van der Waals surface area contributed by atoms with Gasteiger partial charge in [-0.1, -0.05) is 25.1 Å². The molecule has 2 aromatic rings. The molecule has 0 radical (unpaired) electrons. The molecular weight excluding hydrogens is 300 g/mol. The monoisotopic (exact) mass is 321 g/mol. The van der Waals surface area contributed by atoms with E-state index in [0.29, 0.717) is 31.2 Å². The number of methoxy groups -OCH3 is 1. The van der Waals surface area contributed by atoms with Crippen molar-refractivity contribution >= 4 is 0 Å². The third kappa shape index (κ3) is 4.66. The van der Waals surface area contributed by atoms with Crippen LogP contribution in [-0.4, -0.2) is 31.7 Å². The SMILES string of the molecule is CCN(CCOc1ccccc1OC)Cc1c(F)cccc1F. The van der Waals surface area contributed by atoms with Gasteiger partial charge < -0.3 is 9.47 Å². The molecule has 2 rings (SSSR count). The van der Waals surface area contributed by atoms with Crippen LogP contribution in [0.2, 0.25) is 0 Å². The molecule has 0 amide bonds. The summed E-state index contributed by atoms with van der Waals surface area (Å²) in [7, 11) is 1.58. The second-order valence-corrected chi connectivity index (χ2v) is 5.07. The molecule has 0 aromatic heterocycles. The normalized spacial score (nSPS) is 10.8. The zero-order chi connectivity index (χ0) is 16.7. The highest BCUT2D eigenvalue weighted by atomic mass is 19.1. The van der Waals surface area contributed by atoms with Gasteiger partial charge in [0.2, 0.25) is 0 Å². The van der Waals surface area contributed by atoms with E-state index >= 15 is 0 Å². The molecule has 0 aliphatic carbocycles. The predicted octanol–water partition coefficient (Wildman–Crippen LogP) is 3.87.